The van der Waals surface area contributed by atoms with Crippen molar-refractivity contribution in [3.8, 4) is 5.75 Å². The molecule has 0 aliphatic carbocycles. The Bertz CT molecular complexity index is 927. The molecule has 1 N–H and O–H groups in total. The first-order valence-corrected chi connectivity index (χ1v) is 10.5. The average Bonchev–Trinajstić information content (AvgIpc) is 2.66. The van der Waals surface area contributed by atoms with Gasteiger partial charge in [0.1, 0.15) is 18.0 Å². The Kier molecular flexibility index (Phi) is 7.36. The first-order chi connectivity index (χ1) is 13.3. The molecule has 2 aromatic carbocycles. The highest BCUT2D eigenvalue weighted by Gasteiger charge is 2.25. The van der Waals surface area contributed by atoms with Crippen LogP contribution in [0, 0.1) is 17.0 Å². The number of rotatable bonds is 10. The molecule has 0 radical (unpaired) electrons. The molecule has 0 saturated carbocycles. The monoisotopic (exact) mass is 407 g/mol. The van der Waals surface area contributed by atoms with Gasteiger partial charge >= 0.3 is 0 Å². The number of sulfonamides is 1. The SMILES string of the molecule is CCN(CC)S(=O)(=O)c1ccc(NCCOc2cccc(C)c2)c([N+](=O)[O-])c1. The van der Waals surface area contributed by atoms with Gasteiger partial charge in [-0.1, -0.05) is 26.0 Å². The minimum Gasteiger partial charge on any atom is -0.492 e. The van der Waals surface area contributed by atoms with Gasteiger partial charge in [0.25, 0.3) is 5.69 Å². The predicted octanol–water partition coefficient (Wildman–Crippen LogP) is 3.42. The molecule has 0 spiro atoms. The van der Waals surface area contributed by atoms with Crippen LogP contribution < -0.4 is 10.1 Å². The molecular formula is C19H25N3O5S. The Morgan fingerprint density at radius 1 is 1.14 bits per heavy atom. The van der Waals surface area contributed by atoms with Gasteiger partial charge < -0.3 is 10.1 Å². The average molecular weight is 407 g/mol. The zero-order valence-electron chi connectivity index (χ0n) is 16.2. The summed E-state index contributed by atoms with van der Waals surface area (Å²) >= 11 is 0. The number of benzene rings is 2. The molecule has 0 aliphatic rings. The van der Waals surface area contributed by atoms with Crippen molar-refractivity contribution in [3.05, 3.63) is 58.1 Å². The molecule has 2 rings (SSSR count). The number of nitro groups is 1. The van der Waals surface area contributed by atoms with Gasteiger partial charge in [-0.15, -0.1) is 0 Å². The van der Waals surface area contributed by atoms with E-state index in [1.165, 1.54) is 16.4 Å². The van der Waals surface area contributed by atoms with Crippen molar-refractivity contribution in [2.45, 2.75) is 25.7 Å². The Morgan fingerprint density at radius 2 is 1.86 bits per heavy atom. The molecular weight excluding hydrogens is 382 g/mol. The molecule has 0 aromatic heterocycles. The lowest BCUT2D eigenvalue weighted by molar-refractivity contribution is -0.384. The van der Waals surface area contributed by atoms with E-state index in [0.29, 0.717) is 26.2 Å². The summed E-state index contributed by atoms with van der Waals surface area (Å²) in [5.74, 6) is 0.719. The fourth-order valence-corrected chi connectivity index (χ4v) is 4.22. The molecule has 0 saturated heterocycles. The molecule has 0 amide bonds. The van der Waals surface area contributed by atoms with Gasteiger partial charge in [0.05, 0.1) is 9.82 Å². The van der Waals surface area contributed by atoms with Crippen LogP contribution in [-0.2, 0) is 10.0 Å². The molecule has 0 aliphatic heterocycles. The summed E-state index contributed by atoms with van der Waals surface area (Å²) in [4.78, 5) is 10.7. The van der Waals surface area contributed by atoms with Crippen LogP contribution in [0.15, 0.2) is 47.4 Å². The second-order valence-electron chi connectivity index (χ2n) is 6.12. The van der Waals surface area contributed by atoms with Crippen LogP contribution in [0.4, 0.5) is 11.4 Å². The maximum Gasteiger partial charge on any atom is 0.293 e. The van der Waals surface area contributed by atoms with E-state index in [1.807, 2.05) is 31.2 Å². The van der Waals surface area contributed by atoms with Gasteiger partial charge in [-0.25, -0.2) is 8.42 Å². The summed E-state index contributed by atoms with van der Waals surface area (Å²) in [6.07, 6.45) is 0. The molecule has 0 atom stereocenters. The third-order valence-electron chi connectivity index (χ3n) is 4.18. The summed E-state index contributed by atoms with van der Waals surface area (Å²) in [5, 5.41) is 14.4. The lowest BCUT2D eigenvalue weighted by atomic mass is 10.2. The number of ether oxygens (including phenoxy) is 1. The van der Waals surface area contributed by atoms with Crippen molar-refractivity contribution < 1.29 is 18.1 Å². The standard InChI is InChI=1S/C19H25N3O5S/c1-4-21(5-2)28(25,26)17-9-10-18(19(14-17)22(23)24)20-11-12-27-16-8-6-7-15(3)13-16/h6-10,13-14,20H,4-5,11-12H2,1-3H3. The molecule has 0 fully saturated rings. The quantitative estimate of drug-likeness (QED) is 0.368. The predicted molar refractivity (Wildman–Crippen MR) is 108 cm³/mol. The van der Waals surface area contributed by atoms with E-state index in [2.05, 4.69) is 5.32 Å². The van der Waals surface area contributed by atoms with E-state index < -0.39 is 14.9 Å². The number of nitrogens with one attached hydrogen (secondary N) is 1. The third-order valence-corrected chi connectivity index (χ3v) is 6.23. The summed E-state index contributed by atoms with van der Waals surface area (Å²) < 4.78 is 32.0. The highest BCUT2D eigenvalue weighted by atomic mass is 32.2. The minimum atomic E-state index is -3.76. The summed E-state index contributed by atoms with van der Waals surface area (Å²) in [6.45, 7) is 6.63. The third kappa shape index (κ3) is 5.20. The van der Waals surface area contributed by atoms with Crippen LogP contribution in [0.2, 0.25) is 0 Å². The maximum absolute atomic E-state index is 12.6. The van der Waals surface area contributed by atoms with Gasteiger partial charge in [-0.2, -0.15) is 4.31 Å². The molecule has 0 bridgehead atoms. The van der Waals surface area contributed by atoms with Crippen LogP contribution in [0.5, 0.6) is 5.75 Å². The molecule has 152 valence electrons. The molecule has 0 unspecified atom stereocenters. The number of hydrogen-bond donors (Lipinski definition) is 1. The second-order valence-corrected chi connectivity index (χ2v) is 8.06. The molecule has 8 nitrogen and oxygen atoms in total. The molecule has 28 heavy (non-hydrogen) atoms. The summed E-state index contributed by atoms with van der Waals surface area (Å²) in [5.41, 5.74) is 1.03. The van der Waals surface area contributed by atoms with Crippen molar-refractivity contribution >= 4 is 21.4 Å². The highest BCUT2D eigenvalue weighted by Crippen LogP contribution is 2.29. The Hall–Kier alpha value is -2.65. The van der Waals surface area contributed by atoms with E-state index >= 15 is 0 Å². The summed E-state index contributed by atoms with van der Waals surface area (Å²) in [7, 11) is -3.76. The number of aryl methyl sites for hydroxylation is 1. The van der Waals surface area contributed by atoms with Crippen LogP contribution in [0.3, 0.4) is 0 Å². The van der Waals surface area contributed by atoms with E-state index in [-0.39, 0.29) is 16.3 Å². The van der Waals surface area contributed by atoms with Crippen molar-refractivity contribution in [1.82, 2.24) is 4.31 Å². The largest absolute Gasteiger partial charge is 0.492 e. The van der Waals surface area contributed by atoms with Crippen LogP contribution >= 0.6 is 0 Å². The fraction of sp³-hybridized carbons (Fsp3) is 0.368. The minimum absolute atomic E-state index is 0.0931. The number of hydrogen-bond acceptors (Lipinski definition) is 6. The van der Waals surface area contributed by atoms with Gasteiger partial charge in [0.2, 0.25) is 10.0 Å². The van der Waals surface area contributed by atoms with Gasteiger partial charge in [0.15, 0.2) is 0 Å². The van der Waals surface area contributed by atoms with Crippen LogP contribution in [0.25, 0.3) is 0 Å². The topological polar surface area (TPSA) is 102 Å². The highest BCUT2D eigenvalue weighted by molar-refractivity contribution is 7.89. The van der Waals surface area contributed by atoms with Gasteiger partial charge in [-0.05, 0) is 36.8 Å². The number of anilines is 1. The first-order valence-electron chi connectivity index (χ1n) is 9.01. The van der Waals surface area contributed by atoms with E-state index in [1.54, 1.807) is 13.8 Å². The fourth-order valence-electron chi connectivity index (χ4n) is 2.74. The van der Waals surface area contributed by atoms with Crippen LogP contribution in [-0.4, -0.2) is 43.9 Å². The lowest BCUT2D eigenvalue weighted by Gasteiger charge is -2.18. The second kappa shape index (κ2) is 9.52. The molecule has 9 heteroatoms. The molecule has 2 aromatic rings. The van der Waals surface area contributed by atoms with E-state index in [4.69, 9.17) is 4.74 Å². The molecule has 0 heterocycles. The zero-order chi connectivity index (χ0) is 20.7. The number of nitrogens with zero attached hydrogens (tertiary/aromatic N) is 2. The van der Waals surface area contributed by atoms with Crippen molar-refractivity contribution in [2.75, 3.05) is 31.6 Å². The first kappa shape index (κ1) is 21.6. The van der Waals surface area contributed by atoms with Crippen molar-refractivity contribution in [1.29, 1.82) is 0 Å². The lowest BCUT2D eigenvalue weighted by Crippen LogP contribution is -2.30. The zero-order valence-corrected chi connectivity index (χ0v) is 17.0. The number of nitro benzene ring substituents is 1. The van der Waals surface area contributed by atoms with Crippen LogP contribution in [0.1, 0.15) is 19.4 Å². The van der Waals surface area contributed by atoms with Gasteiger partial charge in [-0.3, -0.25) is 10.1 Å². The Balaban J connectivity index is 2.11. The van der Waals surface area contributed by atoms with Crippen molar-refractivity contribution in [2.24, 2.45) is 0 Å². The van der Waals surface area contributed by atoms with E-state index in [9.17, 15) is 18.5 Å². The Labute approximate surface area is 165 Å². The van der Waals surface area contributed by atoms with E-state index in [0.717, 1.165) is 17.4 Å². The maximum atomic E-state index is 12.6. The summed E-state index contributed by atoms with van der Waals surface area (Å²) in [6, 6.07) is 11.5. The van der Waals surface area contributed by atoms with Gasteiger partial charge in [0, 0.05) is 25.7 Å². The Morgan fingerprint density at radius 3 is 2.46 bits per heavy atom. The van der Waals surface area contributed by atoms with Crippen molar-refractivity contribution in [3.63, 3.8) is 0 Å². The smallest absolute Gasteiger partial charge is 0.293 e. The normalized spacial score (nSPS) is 11.4.